The minimum Gasteiger partial charge on any atom is -0.321 e. The number of benzene rings is 2. The zero-order valence-corrected chi connectivity index (χ0v) is 14.5. The predicted molar refractivity (Wildman–Crippen MR) is 106 cm³/mol. The van der Waals surface area contributed by atoms with Crippen molar-refractivity contribution in [1.29, 1.82) is 0 Å². The van der Waals surface area contributed by atoms with Crippen LogP contribution in [0, 0.1) is 4.91 Å². The molecule has 4 aromatic rings. The van der Waals surface area contributed by atoms with Crippen LogP contribution in [0.2, 0.25) is 0 Å². The molecule has 0 unspecified atom stereocenters. The van der Waals surface area contributed by atoms with E-state index in [4.69, 9.17) is 5.84 Å². The van der Waals surface area contributed by atoms with Crippen LogP contribution in [-0.4, -0.2) is 11.5 Å². The maximum atomic E-state index is 12.3. The highest BCUT2D eigenvalue weighted by molar-refractivity contribution is 7.17. The molecule has 5 rings (SSSR count). The van der Waals surface area contributed by atoms with Gasteiger partial charge in [-0.05, 0) is 58.4 Å². The van der Waals surface area contributed by atoms with Gasteiger partial charge in [-0.25, -0.2) is 5.84 Å². The summed E-state index contributed by atoms with van der Waals surface area (Å²) in [5.74, 6) is 5.99. The van der Waals surface area contributed by atoms with Crippen molar-refractivity contribution in [3.63, 3.8) is 0 Å². The zero-order valence-electron chi connectivity index (χ0n) is 13.7. The monoisotopic (exact) mass is 362 g/mol. The third-order valence-electron chi connectivity index (χ3n) is 4.97. The van der Waals surface area contributed by atoms with Crippen molar-refractivity contribution in [2.45, 2.75) is 6.42 Å². The van der Waals surface area contributed by atoms with Crippen LogP contribution >= 0.6 is 11.3 Å². The van der Waals surface area contributed by atoms with E-state index in [1.165, 1.54) is 11.3 Å². The highest BCUT2D eigenvalue weighted by Crippen LogP contribution is 2.42. The average Bonchev–Trinajstić information content (AvgIpc) is 3.28. The lowest BCUT2D eigenvalue weighted by atomic mass is 9.95. The summed E-state index contributed by atoms with van der Waals surface area (Å²) in [6.07, 6.45) is 0.860. The molecule has 3 heterocycles. The molecule has 7 heteroatoms. The number of nitrogens with zero attached hydrogens (tertiary/aromatic N) is 2. The highest BCUT2D eigenvalue weighted by atomic mass is 32.1. The van der Waals surface area contributed by atoms with E-state index in [-0.39, 0.29) is 5.56 Å². The molecular weight excluding hydrogens is 348 g/mol. The topological polar surface area (TPSA) is 91.5 Å². The van der Waals surface area contributed by atoms with Gasteiger partial charge in [0.1, 0.15) is 10.4 Å². The molecule has 3 N–H and O–H groups in total. The number of rotatable bonds is 2. The number of pyridine rings is 1. The van der Waals surface area contributed by atoms with Gasteiger partial charge in [0.25, 0.3) is 5.56 Å². The smallest absolute Gasteiger partial charge is 0.266 e. The van der Waals surface area contributed by atoms with Gasteiger partial charge in [0.15, 0.2) is 0 Å². The fraction of sp³-hybridized carbons (Fsp3) is 0.105. The number of aromatic nitrogens is 1. The van der Waals surface area contributed by atoms with Gasteiger partial charge in [0.2, 0.25) is 0 Å². The Morgan fingerprint density at radius 3 is 2.92 bits per heavy atom. The van der Waals surface area contributed by atoms with Crippen LogP contribution in [0.5, 0.6) is 0 Å². The fourth-order valence-corrected chi connectivity index (χ4v) is 4.58. The molecule has 0 aliphatic carbocycles. The molecule has 0 spiro atoms. The number of nitrogens with two attached hydrogens (primary N) is 1. The second-order valence-corrected chi connectivity index (χ2v) is 7.29. The van der Waals surface area contributed by atoms with E-state index < -0.39 is 0 Å². The van der Waals surface area contributed by atoms with Crippen molar-refractivity contribution in [2.24, 2.45) is 11.0 Å². The molecule has 0 saturated carbocycles. The molecule has 0 amide bonds. The van der Waals surface area contributed by atoms with Crippen LogP contribution in [0.4, 0.5) is 11.4 Å². The third kappa shape index (κ3) is 2.04. The lowest BCUT2D eigenvalue weighted by molar-refractivity contribution is 0.891. The number of nitroso groups, excluding NO2 is 1. The summed E-state index contributed by atoms with van der Waals surface area (Å²) in [6, 6.07) is 11.3. The first-order valence-electron chi connectivity index (χ1n) is 8.22. The summed E-state index contributed by atoms with van der Waals surface area (Å²) < 4.78 is 0.649. The third-order valence-corrected chi connectivity index (χ3v) is 5.88. The Bertz CT molecular complexity index is 1260. The van der Waals surface area contributed by atoms with E-state index in [9.17, 15) is 9.70 Å². The van der Waals surface area contributed by atoms with Gasteiger partial charge < -0.3 is 9.99 Å². The Morgan fingerprint density at radius 1 is 1.19 bits per heavy atom. The second-order valence-electron chi connectivity index (χ2n) is 6.38. The maximum absolute atomic E-state index is 12.3. The summed E-state index contributed by atoms with van der Waals surface area (Å²) in [5, 5.41) is 8.56. The lowest BCUT2D eigenvalue weighted by Crippen LogP contribution is -2.27. The number of fused-ring (bicyclic) bond motifs is 4. The van der Waals surface area contributed by atoms with Gasteiger partial charge in [0, 0.05) is 28.4 Å². The SMILES string of the molecule is NN1CCc2cc(-c3c(N=O)ccc4[nH]c(=O)c5sccc5c34)ccc21. The quantitative estimate of drug-likeness (QED) is 0.416. The standard InChI is InChI=1S/C19H14N4O2S/c20-23-7-5-10-9-11(1-4-15(10)23)16-14(22-25)3-2-13-17(16)12-6-8-26-18(12)19(24)21-13/h1-4,6,8-9H,5,7,20H2,(H,21,24). The molecule has 0 fully saturated rings. The first kappa shape index (κ1) is 15.2. The van der Waals surface area contributed by atoms with E-state index in [1.807, 2.05) is 23.6 Å². The second kappa shape index (κ2) is 5.48. The number of nitrogens with one attached hydrogen (secondary N) is 1. The Kier molecular flexibility index (Phi) is 3.22. The number of hydrogen-bond donors (Lipinski definition) is 2. The number of thiophene rings is 1. The normalized spacial score (nSPS) is 13.5. The number of hydrogen-bond acceptors (Lipinski definition) is 6. The first-order valence-corrected chi connectivity index (χ1v) is 9.10. The molecule has 0 bridgehead atoms. The Balaban J connectivity index is 1.91. The van der Waals surface area contributed by atoms with E-state index >= 15 is 0 Å². The molecule has 6 nitrogen and oxygen atoms in total. The van der Waals surface area contributed by atoms with Crippen molar-refractivity contribution >= 4 is 43.7 Å². The number of aromatic amines is 1. The molecule has 1 aliphatic heterocycles. The molecule has 1 aliphatic rings. The molecule has 0 atom stereocenters. The van der Waals surface area contributed by atoms with Gasteiger partial charge in [-0.3, -0.25) is 4.79 Å². The van der Waals surface area contributed by atoms with Crippen molar-refractivity contribution in [2.75, 3.05) is 11.6 Å². The van der Waals surface area contributed by atoms with Crippen LogP contribution < -0.4 is 16.4 Å². The molecule has 2 aromatic heterocycles. The number of H-pyrrole nitrogens is 1. The molecule has 128 valence electrons. The van der Waals surface area contributed by atoms with E-state index in [0.717, 1.165) is 46.1 Å². The Labute approximate surface area is 151 Å². The first-order chi connectivity index (χ1) is 12.7. The molecule has 26 heavy (non-hydrogen) atoms. The van der Waals surface area contributed by atoms with Crippen LogP contribution in [0.15, 0.2) is 51.7 Å². The van der Waals surface area contributed by atoms with Crippen LogP contribution in [-0.2, 0) is 6.42 Å². The minimum absolute atomic E-state index is 0.118. The van der Waals surface area contributed by atoms with Crippen molar-refractivity contribution in [3.05, 3.63) is 62.6 Å². The summed E-state index contributed by atoms with van der Waals surface area (Å²) >= 11 is 1.39. The lowest BCUT2D eigenvalue weighted by Gasteiger charge is -2.14. The summed E-state index contributed by atoms with van der Waals surface area (Å²) in [6.45, 7) is 0.773. The van der Waals surface area contributed by atoms with Crippen LogP contribution in [0.25, 0.3) is 32.1 Å². The van der Waals surface area contributed by atoms with Gasteiger partial charge in [-0.1, -0.05) is 6.07 Å². The Hall–Kier alpha value is -3.03. The number of hydrazine groups is 1. The van der Waals surface area contributed by atoms with E-state index in [1.54, 1.807) is 17.1 Å². The van der Waals surface area contributed by atoms with Gasteiger partial charge in [-0.2, -0.15) is 0 Å². The van der Waals surface area contributed by atoms with E-state index in [2.05, 4.69) is 16.2 Å². The van der Waals surface area contributed by atoms with E-state index in [0.29, 0.717) is 15.9 Å². The molecular formula is C19H14N4O2S. The minimum atomic E-state index is -0.118. The van der Waals surface area contributed by atoms with Crippen molar-refractivity contribution in [3.8, 4) is 11.1 Å². The largest absolute Gasteiger partial charge is 0.321 e. The van der Waals surface area contributed by atoms with Crippen LogP contribution in [0.3, 0.4) is 0 Å². The highest BCUT2D eigenvalue weighted by Gasteiger charge is 2.20. The maximum Gasteiger partial charge on any atom is 0.266 e. The summed E-state index contributed by atoms with van der Waals surface area (Å²) in [5.41, 5.74) is 4.74. The van der Waals surface area contributed by atoms with Crippen molar-refractivity contribution in [1.82, 2.24) is 4.98 Å². The van der Waals surface area contributed by atoms with Crippen LogP contribution in [0.1, 0.15) is 5.56 Å². The van der Waals surface area contributed by atoms with Gasteiger partial charge >= 0.3 is 0 Å². The fourth-order valence-electron chi connectivity index (χ4n) is 3.79. The summed E-state index contributed by atoms with van der Waals surface area (Å²) in [7, 11) is 0. The molecule has 0 saturated heterocycles. The van der Waals surface area contributed by atoms with Gasteiger partial charge in [0.05, 0.1) is 5.69 Å². The van der Waals surface area contributed by atoms with Gasteiger partial charge in [-0.15, -0.1) is 16.2 Å². The zero-order chi connectivity index (χ0) is 17.8. The van der Waals surface area contributed by atoms with Crippen molar-refractivity contribution < 1.29 is 0 Å². The Morgan fingerprint density at radius 2 is 2.08 bits per heavy atom. The molecule has 0 radical (unpaired) electrons. The predicted octanol–water partition coefficient (Wildman–Crippen LogP) is 4.04. The summed E-state index contributed by atoms with van der Waals surface area (Å²) in [4.78, 5) is 26.7. The average molecular weight is 362 g/mol. The molecule has 2 aromatic carbocycles. The number of anilines is 1.